The molecule has 0 radical (unpaired) electrons. The van der Waals surface area contributed by atoms with Crippen LogP contribution in [0, 0.1) is 0 Å². The molecule has 9 amide bonds. The minimum absolute atomic E-state index is 0.00112. The molecule has 1 fully saturated rings. The predicted molar refractivity (Wildman–Crippen MR) is 354 cm³/mol. The number of unbranched alkanes of at least 4 members (excludes halogenated alkanes) is 1. The number of nitrogens with zero attached hydrogens (tertiary/aromatic N) is 4. The van der Waals surface area contributed by atoms with Crippen LogP contribution in [0.2, 0.25) is 0 Å². The highest BCUT2D eigenvalue weighted by Gasteiger charge is 2.32. The summed E-state index contributed by atoms with van der Waals surface area (Å²) in [7, 11) is 0. The number of carbonyl (C=O) groups is 17. The highest BCUT2D eigenvalue weighted by Crippen LogP contribution is 2.20. The number of carbonyl (C=O) groups excluding carboxylic acids is 8. The fourth-order valence-corrected chi connectivity index (χ4v) is 10.6. The molecule has 19 N–H and O–H groups in total. The van der Waals surface area contributed by atoms with Gasteiger partial charge in [-0.05, 0) is 67.9 Å². The second-order valence-electron chi connectivity index (χ2n) is 23.9. The molecule has 2 heterocycles. The molecule has 0 saturated carbocycles. The molecule has 564 valence electrons. The summed E-state index contributed by atoms with van der Waals surface area (Å²) in [6.07, 6.45) is -2.86. The second kappa shape index (κ2) is 43.3. The Morgan fingerprint density at radius 3 is 1.30 bits per heavy atom. The zero-order valence-electron chi connectivity index (χ0n) is 55.8. The largest absolute Gasteiger partial charge is 0.481 e. The number of para-hydroxylation sites is 1. The summed E-state index contributed by atoms with van der Waals surface area (Å²) in [5.74, 6) is -19.4. The lowest BCUT2D eigenvalue weighted by Gasteiger charge is -2.33. The lowest BCUT2D eigenvalue weighted by atomic mass is 10.0. The van der Waals surface area contributed by atoms with Crippen molar-refractivity contribution in [2.24, 2.45) is 0 Å². The molecule has 0 aliphatic carbocycles. The van der Waals surface area contributed by atoms with E-state index < -0.39 is 222 Å². The fourth-order valence-electron chi connectivity index (χ4n) is 10.6. The zero-order valence-corrected chi connectivity index (χ0v) is 55.8. The van der Waals surface area contributed by atoms with Crippen LogP contribution >= 0.6 is 0 Å². The number of fused-ring (bicyclic) bond motifs is 1. The molecule has 4 rings (SSSR count). The highest BCUT2D eigenvalue weighted by molar-refractivity contribution is 5.97. The lowest BCUT2D eigenvalue weighted by Crippen LogP contribution is -2.56. The van der Waals surface area contributed by atoms with Gasteiger partial charge in [-0.25, -0.2) is 19.2 Å². The molecular weight excluding hydrogens is 1370 g/mol. The predicted octanol–water partition coefficient (Wildman–Crippen LogP) is -4.62. The second-order valence-corrected chi connectivity index (χ2v) is 23.9. The van der Waals surface area contributed by atoms with Gasteiger partial charge in [0, 0.05) is 108 Å². The van der Waals surface area contributed by atoms with E-state index in [2.05, 4.69) is 47.5 Å². The average molecular weight is 1460 g/mol. The van der Waals surface area contributed by atoms with Crippen molar-refractivity contribution in [1.29, 1.82) is 0 Å². The fraction of sp³-hybridized carbons (Fsp3) is 0.508. The van der Waals surface area contributed by atoms with Gasteiger partial charge < -0.3 is 98.8 Å². The van der Waals surface area contributed by atoms with E-state index in [0.717, 1.165) is 0 Å². The number of aromatic nitrogens is 1. The first kappa shape index (κ1) is 84.0. The Kier molecular flexibility index (Phi) is 35.3. The molecular formula is C63H86N14O26. The number of carboxylic acid groups (broad SMARTS) is 9. The number of aliphatic carboxylic acids is 8. The number of hydrogen-bond donors (Lipinski definition) is 19. The van der Waals surface area contributed by atoms with Crippen molar-refractivity contribution in [3.05, 3.63) is 71.4 Å². The maximum Gasteiger partial charge on any atom is 0.335 e. The summed E-state index contributed by atoms with van der Waals surface area (Å²) < 4.78 is 0. The Morgan fingerprint density at radius 2 is 0.825 bits per heavy atom. The van der Waals surface area contributed by atoms with Gasteiger partial charge in [0.2, 0.25) is 41.4 Å². The maximum atomic E-state index is 14.0. The van der Waals surface area contributed by atoms with Gasteiger partial charge in [-0.2, -0.15) is 0 Å². The third-order valence-electron chi connectivity index (χ3n) is 15.9. The monoisotopic (exact) mass is 1450 g/mol. The van der Waals surface area contributed by atoms with Crippen LogP contribution in [0.4, 0.5) is 4.79 Å². The molecule has 1 aromatic heterocycles. The molecule has 1 aliphatic heterocycles. The molecule has 2 aromatic carbocycles. The van der Waals surface area contributed by atoms with E-state index in [9.17, 15) is 122 Å². The van der Waals surface area contributed by atoms with Crippen LogP contribution in [-0.4, -0.2) is 306 Å². The van der Waals surface area contributed by atoms with E-state index in [1.165, 1.54) is 43.9 Å². The van der Waals surface area contributed by atoms with Gasteiger partial charge in [0.05, 0.1) is 44.8 Å². The van der Waals surface area contributed by atoms with E-state index in [1.54, 1.807) is 30.5 Å². The number of urea groups is 1. The molecule has 1 saturated heterocycles. The normalized spacial score (nSPS) is 15.0. The van der Waals surface area contributed by atoms with E-state index in [1.807, 2.05) is 5.32 Å². The van der Waals surface area contributed by atoms with Gasteiger partial charge in [-0.15, -0.1) is 0 Å². The van der Waals surface area contributed by atoms with Gasteiger partial charge in [-0.1, -0.05) is 30.3 Å². The third kappa shape index (κ3) is 32.7. The number of benzene rings is 2. The smallest absolute Gasteiger partial charge is 0.335 e. The Balaban J connectivity index is 1.47. The average Bonchev–Trinajstić information content (AvgIpc) is 1.70. The minimum Gasteiger partial charge on any atom is -0.481 e. The lowest BCUT2D eigenvalue weighted by molar-refractivity contribution is -0.141. The van der Waals surface area contributed by atoms with Crippen molar-refractivity contribution in [2.45, 2.75) is 107 Å². The first-order chi connectivity index (χ1) is 48.7. The summed E-state index contributed by atoms with van der Waals surface area (Å²) in [5, 5.41) is 107. The summed E-state index contributed by atoms with van der Waals surface area (Å²) in [5.41, 5.74) is 1.18. The topological polar surface area (TPSA) is 609 Å². The van der Waals surface area contributed by atoms with Crippen LogP contribution < -0.4 is 47.9 Å². The van der Waals surface area contributed by atoms with Crippen molar-refractivity contribution < 1.29 is 127 Å². The number of nitrogens with one attached hydrogen (secondary N) is 10. The zero-order chi connectivity index (χ0) is 76.3. The third-order valence-corrected chi connectivity index (χ3v) is 15.9. The van der Waals surface area contributed by atoms with Crippen LogP contribution in [0.25, 0.3) is 10.9 Å². The Labute approximate surface area is 586 Å². The van der Waals surface area contributed by atoms with Crippen molar-refractivity contribution >= 4 is 112 Å². The van der Waals surface area contributed by atoms with Gasteiger partial charge in [0.15, 0.2) is 0 Å². The number of aromatic carboxylic acids is 1. The van der Waals surface area contributed by atoms with E-state index in [4.69, 9.17) is 5.11 Å². The SMILES string of the molecule is O=C(O)CC[C@H](NC(=O)N[C@@H](CCCCNC(=O)[C@H](Cc1c[nH]c2ccccc12)NC(=O)CNC(=O)[C@H](Cc1cccc(C(=O)O)c1)NC(=O)CNC(=O)[C@H](CCC(=O)O)NC(=O)[C@H](CCC(=O)O)NC(=O)CN1CCN(CC(=O)O)CCN(CC(=O)O)CCN(CC(=O)O)CC1)C(=O)O)C(=O)O. The summed E-state index contributed by atoms with van der Waals surface area (Å²) in [6.45, 7) is -3.66. The van der Waals surface area contributed by atoms with Gasteiger partial charge >= 0.3 is 59.8 Å². The molecule has 0 bridgehead atoms. The number of carboxylic acids is 9. The minimum atomic E-state index is -1.80. The first-order valence-electron chi connectivity index (χ1n) is 32.4. The van der Waals surface area contributed by atoms with Crippen LogP contribution in [0.5, 0.6) is 0 Å². The van der Waals surface area contributed by atoms with Crippen LogP contribution in [-0.2, 0) is 84.8 Å². The summed E-state index contributed by atoms with van der Waals surface area (Å²) in [4.78, 5) is 224. The Morgan fingerprint density at radius 1 is 0.398 bits per heavy atom. The molecule has 103 heavy (non-hydrogen) atoms. The standard InChI is InChI=1S/C63H86N14O26/c78-47(30-66-56(93)41(11-14-50(81)82)71-59(96)42(12-15-51(83)84)68-49(80)32-74-18-20-75(33-53(87)88)22-24-77(35-55(91)92)25-23-76(21-19-74)34-54(89)90)69-45(27-36-6-5-7-37(26-36)60(97)98)58(95)67-31-48(79)70-46(28-38-29-65-40-9-2-1-8-39(38)40)57(94)64-17-4-3-10-43(61(99)100)72-63(103)73-44(62(101)102)13-16-52(85)86/h1-2,5-9,26,29,41-46,65H,3-4,10-25,27-28,30-35H2,(H,64,94)(H,66,93)(H,67,95)(H,68,80)(H,69,78)(H,70,79)(H,71,96)(H,81,82)(H,83,84)(H,85,86)(H,87,88)(H,89,90)(H,91,92)(H,97,98)(H,99,100)(H,101,102)(H2,72,73,103)/t41-,42-,43-,44-,45-,46-/m0/s1. The molecule has 0 unspecified atom stereocenters. The number of H-pyrrole nitrogens is 1. The number of aromatic amines is 1. The summed E-state index contributed by atoms with van der Waals surface area (Å²) >= 11 is 0. The van der Waals surface area contributed by atoms with Gasteiger partial charge in [0.1, 0.15) is 36.3 Å². The molecule has 40 nitrogen and oxygen atoms in total. The van der Waals surface area contributed by atoms with E-state index in [-0.39, 0.29) is 95.7 Å². The molecule has 3 aromatic rings. The highest BCUT2D eigenvalue weighted by atomic mass is 16.4. The number of amides is 9. The van der Waals surface area contributed by atoms with Crippen molar-refractivity contribution in [3.63, 3.8) is 0 Å². The number of hydrogen-bond acceptors (Lipinski definition) is 21. The van der Waals surface area contributed by atoms with Crippen LogP contribution in [0.3, 0.4) is 0 Å². The molecule has 6 atom stereocenters. The first-order valence-corrected chi connectivity index (χ1v) is 32.4. The Bertz CT molecular complexity index is 3500. The van der Waals surface area contributed by atoms with Gasteiger partial charge in [0.25, 0.3) is 0 Å². The van der Waals surface area contributed by atoms with Crippen LogP contribution in [0.1, 0.15) is 79.3 Å². The van der Waals surface area contributed by atoms with E-state index in [0.29, 0.717) is 16.5 Å². The molecule has 1 aliphatic rings. The maximum absolute atomic E-state index is 14.0. The molecule has 0 spiro atoms. The van der Waals surface area contributed by atoms with Crippen LogP contribution in [0.15, 0.2) is 54.7 Å². The Hall–Kier alpha value is -11.4. The summed E-state index contributed by atoms with van der Waals surface area (Å²) in [6, 6.07) is 1.25. The van der Waals surface area contributed by atoms with Crippen molar-refractivity contribution in [2.75, 3.05) is 98.2 Å². The van der Waals surface area contributed by atoms with Crippen molar-refractivity contribution in [1.82, 2.24) is 72.4 Å². The quantitative estimate of drug-likeness (QED) is 0.0237. The molecule has 40 heteroatoms. The number of rotatable bonds is 43. The van der Waals surface area contributed by atoms with Gasteiger partial charge in [-0.3, -0.25) is 81.9 Å². The van der Waals surface area contributed by atoms with E-state index >= 15 is 0 Å². The van der Waals surface area contributed by atoms with Crippen molar-refractivity contribution in [3.8, 4) is 0 Å².